The molecule has 0 saturated carbocycles. The second kappa shape index (κ2) is 7.59. The minimum absolute atomic E-state index is 0.0978. The van der Waals surface area contributed by atoms with E-state index in [2.05, 4.69) is 11.4 Å². The van der Waals surface area contributed by atoms with Gasteiger partial charge in [-0.2, -0.15) is 5.26 Å². The third kappa shape index (κ3) is 4.32. The molecule has 1 heterocycles. The molecule has 114 valence electrons. The van der Waals surface area contributed by atoms with E-state index in [1.807, 2.05) is 31.3 Å². The molecule has 0 fully saturated rings. The Morgan fingerprint density at radius 1 is 1.45 bits per heavy atom. The molecule has 1 aromatic carbocycles. The smallest absolute Gasteiger partial charge is 0.280 e. The van der Waals surface area contributed by atoms with Crippen LogP contribution >= 0.6 is 11.3 Å². The molecule has 0 radical (unpaired) electrons. The first-order chi connectivity index (χ1) is 10.6. The zero-order valence-corrected chi connectivity index (χ0v) is 13.4. The molecule has 2 aromatic rings. The molecule has 22 heavy (non-hydrogen) atoms. The Morgan fingerprint density at radius 2 is 2.27 bits per heavy atom. The second-order valence-electron chi connectivity index (χ2n) is 4.99. The summed E-state index contributed by atoms with van der Waals surface area (Å²) < 4.78 is 5.20. The molecule has 6 heteroatoms. The van der Waals surface area contributed by atoms with Gasteiger partial charge in [-0.25, -0.2) is 0 Å². The monoisotopic (exact) mass is 316 g/mol. The van der Waals surface area contributed by atoms with Gasteiger partial charge in [0.05, 0.1) is 19.7 Å². The number of ether oxygens (including phenoxy) is 1. The summed E-state index contributed by atoms with van der Waals surface area (Å²) in [5.74, 6) is 0.714. The molecular weight excluding hydrogens is 298 g/mol. The maximum Gasteiger partial charge on any atom is 0.280 e. The first kappa shape index (κ1) is 16.0. The van der Waals surface area contributed by atoms with Crippen molar-refractivity contribution in [3.05, 3.63) is 46.8 Å². The van der Waals surface area contributed by atoms with Crippen molar-refractivity contribution in [1.29, 1.82) is 5.26 Å². The number of hydrogen-bond acceptors (Lipinski definition) is 4. The summed E-state index contributed by atoms with van der Waals surface area (Å²) in [6.07, 6.45) is 0. The summed E-state index contributed by atoms with van der Waals surface area (Å²) in [5, 5.41) is 14.1. The Hall–Kier alpha value is -2.36. The molecule has 0 aliphatic heterocycles. The highest BCUT2D eigenvalue weighted by atomic mass is 32.1. The number of amides is 1. The normalized spacial score (nSPS) is 11.5. The number of benzene rings is 1. The zero-order chi connectivity index (χ0) is 15.9. The standard InChI is InChI=1S/C16H17N3O2S/c1-19(10-12-4-3-5-14(8-12)21-2)11-15(20)18-16-13(9-17)6-7-22-16/h3-8H,10-11H2,1-2H3,(H,18,20)/p+1. The summed E-state index contributed by atoms with van der Waals surface area (Å²) in [5.41, 5.74) is 1.61. The van der Waals surface area contributed by atoms with Crippen LogP contribution in [-0.4, -0.2) is 26.6 Å². The van der Waals surface area contributed by atoms with Crippen LogP contribution in [0.5, 0.6) is 5.75 Å². The lowest BCUT2D eigenvalue weighted by Gasteiger charge is -2.14. The molecule has 0 aliphatic rings. The van der Waals surface area contributed by atoms with E-state index in [-0.39, 0.29) is 5.91 Å². The van der Waals surface area contributed by atoms with Crippen LogP contribution in [0.2, 0.25) is 0 Å². The Balaban J connectivity index is 1.90. The van der Waals surface area contributed by atoms with Crippen molar-refractivity contribution in [1.82, 2.24) is 0 Å². The first-order valence-electron chi connectivity index (χ1n) is 6.84. The number of thiophene rings is 1. The number of nitrogens with zero attached hydrogens (tertiary/aromatic N) is 1. The van der Waals surface area contributed by atoms with Crippen molar-refractivity contribution in [3.8, 4) is 11.8 Å². The SMILES string of the molecule is COc1cccc(C[NH+](C)CC(=O)Nc2sccc2C#N)c1. The van der Waals surface area contributed by atoms with Crippen LogP contribution in [0, 0.1) is 11.3 Å². The molecule has 0 aliphatic carbocycles. The molecule has 2 N–H and O–H groups in total. The quantitative estimate of drug-likeness (QED) is 0.844. The van der Waals surface area contributed by atoms with E-state index in [9.17, 15) is 4.79 Å². The zero-order valence-electron chi connectivity index (χ0n) is 12.6. The molecular formula is C16H18N3O2S+. The summed E-state index contributed by atoms with van der Waals surface area (Å²) in [6.45, 7) is 1.06. The third-order valence-corrected chi connectivity index (χ3v) is 3.97. The molecule has 5 nitrogen and oxygen atoms in total. The Kier molecular flexibility index (Phi) is 5.53. The predicted octanol–water partition coefficient (Wildman–Crippen LogP) is 1.28. The fraction of sp³-hybridized carbons (Fsp3) is 0.250. The van der Waals surface area contributed by atoms with Gasteiger partial charge in [-0.15, -0.1) is 11.3 Å². The van der Waals surface area contributed by atoms with Gasteiger partial charge in [-0.3, -0.25) is 4.79 Å². The van der Waals surface area contributed by atoms with Gasteiger partial charge in [0.1, 0.15) is 23.4 Å². The molecule has 1 amide bonds. The first-order valence-corrected chi connectivity index (χ1v) is 7.72. The number of nitrogens with one attached hydrogen (secondary N) is 2. The van der Waals surface area contributed by atoms with Gasteiger partial charge in [0, 0.05) is 5.56 Å². The minimum atomic E-state index is -0.0978. The number of nitriles is 1. The third-order valence-electron chi connectivity index (χ3n) is 3.14. The van der Waals surface area contributed by atoms with Crippen LogP contribution < -0.4 is 15.0 Å². The number of methoxy groups -OCH3 is 1. The number of rotatable bonds is 6. The van der Waals surface area contributed by atoms with E-state index < -0.39 is 0 Å². The molecule has 1 unspecified atom stereocenters. The maximum absolute atomic E-state index is 12.0. The van der Waals surface area contributed by atoms with Gasteiger partial charge in [0.25, 0.3) is 5.91 Å². The fourth-order valence-electron chi connectivity index (χ4n) is 2.13. The Labute approximate surface area is 133 Å². The van der Waals surface area contributed by atoms with Gasteiger partial charge < -0.3 is 15.0 Å². The van der Waals surface area contributed by atoms with Crippen molar-refractivity contribution < 1.29 is 14.4 Å². The van der Waals surface area contributed by atoms with E-state index in [0.29, 0.717) is 17.1 Å². The highest BCUT2D eigenvalue weighted by Gasteiger charge is 2.13. The summed E-state index contributed by atoms with van der Waals surface area (Å²) in [4.78, 5) is 13.1. The minimum Gasteiger partial charge on any atom is -0.497 e. The fourth-order valence-corrected chi connectivity index (χ4v) is 2.89. The molecule has 0 bridgehead atoms. The van der Waals surface area contributed by atoms with Gasteiger partial charge in [0.15, 0.2) is 6.54 Å². The summed E-state index contributed by atoms with van der Waals surface area (Å²) in [7, 11) is 3.59. The van der Waals surface area contributed by atoms with Crippen molar-refractivity contribution in [2.75, 3.05) is 26.0 Å². The summed E-state index contributed by atoms with van der Waals surface area (Å²) in [6, 6.07) is 11.6. The van der Waals surface area contributed by atoms with Crippen molar-refractivity contribution in [3.63, 3.8) is 0 Å². The molecule has 2 rings (SSSR count). The van der Waals surface area contributed by atoms with E-state index in [1.165, 1.54) is 11.3 Å². The lowest BCUT2D eigenvalue weighted by molar-refractivity contribution is -0.885. The Bertz CT molecular complexity index is 691. The lowest BCUT2D eigenvalue weighted by atomic mass is 10.2. The van der Waals surface area contributed by atoms with Crippen LogP contribution in [0.4, 0.5) is 5.00 Å². The van der Waals surface area contributed by atoms with Crippen LogP contribution in [0.15, 0.2) is 35.7 Å². The van der Waals surface area contributed by atoms with Gasteiger partial charge in [0.2, 0.25) is 0 Å². The average molecular weight is 316 g/mol. The van der Waals surface area contributed by atoms with E-state index >= 15 is 0 Å². The number of quaternary nitrogens is 1. The number of carbonyl (C=O) groups is 1. The van der Waals surface area contributed by atoms with Crippen molar-refractivity contribution in [2.45, 2.75) is 6.54 Å². The maximum atomic E-state index is 12.0. The van der Waals surface area contributed by atoms with Crippen molar-refractivity contribution in [2.24, 2.45) is 0 Å². The van der Waals surface area contributed by atoms with E-state index in [0.717, 1.165) is 22.8 Å². The highest BCUT2D eigenvalue weighted by molar-refractivity contribution is 7.14. The van der Waals surface area contributed by atoms with Crippen LogP contribution in [0.1, 0.15) is 11.1 Å². The topological polar surface area (TPSA) is 66.6 Å². The average Bonchev–Trinajstić information content (AvgIpc) is 2.94. The summed E-state index contributed by atoms with van der Waals surface area (Å²) >= 11 is 1.36. The number of carbonyl (C=O) groups excluding carboxylic acids is 1. The molecule has 0 saturated heterocycles. The van der Waals surface area contributed by atoms with Crippen LogP contribution in [-0.2, 0) is 11.3 Å². The number of hydrogen-bond donors (Lipinski definition) is 2. The predicted molar refractivity (Wildman–Crippen MR) is 86.1 cm³/mol. The van der Waals surface area contributed by atoms with Crippen LogP contribution in [0.3, 0.4) is 0 Å². The van der Waals surface area contributed by atoms with Crippen LogP contribution in [0.25, 0.3) is 0 Å². The second-order valence-corrected chi connectivity index (χ2v) is 5.90. The molecule has 1 atom stereocenters. The highest BCUT2D eigenvalue weighted by Crippen LogP contribution is 2.21. The molecule has 0 spiro atoms. The van der Waals surface area contributed by atoms with Gasteiger partial charge >= 0.3 is 0 Å². The van der Waals surface area contributed by atoms with Gasteiger partial charge in [-0.1, -0.05) is 12.1 Å². The van der Waals surface area contributed by atoms with Gasteiger partial charge in [-0.05, 0) is 23.6 Å². The van der Waals surface area contributed by atoms with E-state index in [4.69, 9.17) is 10.00 Å². The number of likely N-dealkylation sites (N-methyl/N-ethyl adjacent to an activating group) is 1. The Morgan fingerprint density at radius 3 is 3.00 bits per heavy atom. The molecule has 1 aromatic heterocycles. The van der Waals surface area contributed by atoms with Crippen molar-refractivity contribution >= 4 is 22.2 Å². The van der Waals surface area contributed by atoms with E-state index in [1.54, 1.807) is 18.6 Å². The number of anilines is 1. The largest absolute Gasteiger partial charge is 0.497 e. The lowest BCUT2D eigenvalue weighted by Crippen LogP contribution is -3.08.